The van der Waals surface area contributed by atoms with Crippen LogP contribution < -0.4 is 5.73 Å². The Labute approximate surface area is 122 Å². The minimum Gasteiger partial charge on any atom is -0.336 e. The Bertz CT molecular complexity index is 418. The van der Waals surface area contributed by atoms with Crippen LogP contribution in [0.3, 0.4) is 0 Å². The number of carbonyl (C=O) groups excluding carboxylic acids is 1. The van der Waals surface area contributed by atoms with E-state index in [1.54, 1.807) is 0 Å². The Morgan fingerprint density at radius 1 is 1.35 bits per heavy atom. The highest BCUT2D eigenvalue weighted by Gasteiger charge is 2.29. The second-order valence-electron chi connectivity index (χ2n) is 5.88. The fraction of sp³-hybridized carbons (Fsp3) is 0.588. The highest BCUT2D eigenvalue weighted by Crippen LogP contribution is 2.32. The Morgan fingerprint density at radius 2 is 2.10 bits per heavy atom. The molecule has 1 aliphatic heterocycles. The predicted molar refractivity (Wildman–Crippen MR) is 82.2 cm³/mol. The molecule has 3 nitrogen and oxygen atoms in total. The molecule has 3 heteroatoms. The zero-order valence-electron chi connectivity index (χ0n) is 12.4. The van der Waals surface area contributed by atoms with Crippen LogP contribution in [-0.2, 0) is 4.79 Å². The molecule has 0 bridgehead atoms. The number of carbonyl (C=O) groups is 1. The molecule has 0 aromatic heterocycles. The standard InChI is InChI=1S/C17H26N2O/c1-14(11-12-18)9-10-17(20)19-13-5-8-16(19)15-6-3-2-4-7-15/h2-4,6-7,14,16H,5,8-13,18H2,1H3. The molecule has 1 aliphatic rings. The minimum absolute atomic E-state index is 0.286. The third-order valence-electron chi connectivity index (χ3n) is 4.27. The van der Waals surface area contributed by atoms with Gasteiger partial charge in [0.1, 0.15) is 0 Å². The Morgan fingerprint density at radius 3 is 2.80 bits per heavy atom. The third-order valence-corrected chi connectivity index (χ3v) is 4.27. The highest BCUT2D eigenvalue weighted by atomic mass is 16.2. The van der Waals surface area contributed by atoms with Crippen LogP contribution in [0.15, 0.2) is 30.3 Å². The van der Waals surface area contributed by atoms with Crippen molar-refractivity contribution in [3.05, 3.63) is 35.9 Å². The molecule has 2 rings (SSSR count). The maximum Gasteiger partial charge on any atom is 0.223 e. The molecule has 110 valence electrons. The van der Waals surface area contributed by atoms with Gasteiger partial charge in [0, 0.05) is 13.0 Å². The van der Waals surface area contributed by atoms with Crippen LogP contribution in [0, 0.1) is 5.92 Å². The SMILES string of the molecule is CC(CCN)CCC(=O)N1CCCC1c1ccccc1. The normalized spacial score (nSPS) is 20.1. The van der Waals surface area contributed by atoms with Crippen molar-refractivity contribution in [3.63, 3.8) is 0 Å². The summed E-state index contributed by atoms with van der Waals surface area (Å²) in [6.45, 7) is 3.80. The largest absolute Gasteiger partial charge is 0.336 e. The molecule has 0 radical (unpaired) electrons. The zero-order valence-corrected chi connectivity index (χ0v) is 12.4. The first-order valence-electron chi connectivity index (χ1n) is 7.77. The van der Waals surface area contributed by atoms with Crippen molar-refractivity contribution in [1.82, 2.24) is 4.90 Å². The molecule has 2 N–H and O–H groups in total. The first-order valence-corrected chi connectivity index (χ1v) is 7.77. The van der Waals surface area contributed by atoms with Gasteiger partial charge in [0.25, 0.3) is 0 Å². The number of rotatable bonds is 6. The number of hydrogen-bond acceptors (Lipinski definition) is 2. The van der Waals surface area contributed by atoms with E-state index in [1.807, 2.05) is 6.07 Å². The molecule has 1 amide bonds. The molecule has 1 aromatic rings. The average Bonchev–Trinajstić information content (AvgIpc) is 2.95. The predicted octanol–water partition coefficient (Wildman–Crippen LogP) is 3.12. The number of nitrogens with zero attached hydrogens (tertiary/aromatic N) is 1. The van der Waals surface area contributed by atoms with Crippen LogP contribution in [-0.4, -0.2) is 23.9 Å². The van der Waals surface area contributed by atoms with Crippen molar-refractivity contribution in [2.45, 2.75) is 45.1 Å². The molecule has 1 fully saturated rings. The van der Waals surface area contributed by atoms with Gasteiger partial charge in [-0.05, 0) is 43.7 Å². The minimum atomic E-state index is 0.286. The summed E-state index contributed by atoms with van der Waals surface area (Å²) in [5.74, 6) is 0.849. The van der Waals surface area contributed by atoms with Crippen LogP contribution in [0.25, 0.3) is 0 Å². The molecule has 0 aliphatic carbocycles. The Hall–Kier alpha value is -1.35. The fourth-order valence-corrected chi connectivity index (χ4v) is 3.03. The van der Waals surface area contributed by atoms with Crippen molar-refractivity contribution >= 4 is 5.91 Å². The number of amides is 1. The fourth-order valence-electron chi connectivity index (χ4n) is 3.03. The number of benzene rings is 1. The van der Waals surface area contributed by atoms with E-state index in [1.165, 1.54) is 5.56 Å². The van der Waals surface area contributed by atoms with Crippen molar-refractivity contribution in [3.8, 4) is 0 Å². The third kappa shape index (κ3) is 3.83. The lowest BCUT2D eigenvalue weighted by Crippen LogP contribution is -2.30. The molecule has 1 saturated heterocycles. The molecule has 1 aromatic carbocycles. The average molecular weight is 274 g/mol. The summed E-state index contributed by atoms with van der Waals surface area (Å²) in [5, 5.41) is 0. The summed E-state index contributed by atoms with van der Waals surface area (Å²) >= 11 is 0. The molecule has 1 heterocycles. The van der Waals surface area contributed by atoms with Gasteiger partial charge in [-0.25, -0.2) is 0 Å². The second-order valence-corrected chi connectivity index (χ2v) is 5.88. The van der Waals surface area contributed by atoms with Gasteiger partial charge in [-0.15, -0.1) is 0 Å². The van der Waals surface area contributed by atoms with Gasteiger partial charge in [0.15, 0.2) is 0 Å². The lowest BCUT2D eigenvalue weighted by Gasteiger charge is -2.25. The van der Waals surface area contributed by atoms with Gasteiger partial charge in [0.2, 0.25) is 5.91 Å². The lowest BCUT2D eigenvalue weighted by molar-refractivity contribution is -0.132. The van der Waals surface area contributed by atoms with Crippen molar-refractivity contribution in [2.24, 2.45) is 11.7 Å². The van der Waals surface area contributed by atoms with E-state index < -0.39 is 0 Å². The van der Waals surface area contributed by atoms with E-state index in [9.17, 15) is 4.79 Å². The number of likely N-dealkylation sites (tertiary alicyclic amines) is 1. The Balaban J connectivity index is 1.92. The molecule has 2 atom stereocenters. The second kappa shape index (κ2) is 7.44. The molecule has 0 spiro atoms. The lowest BCUT2D eigenvalue weighted by atomic mass is 10.0. The van der Waals surface area contributed by atoms with E-state index in [4.69, 9.17) is 5.73 Å². The Kier molecular flexibility index (Phi) is 5.60. The quantitative estimate of drug-likeness (QED) is 0.866. The number of nitrogens with two attached hydrogens (primary N) is 1. The topological polar surface area (TPSA) is 46.3 Å². The molecular formula is C17H26N2O. The smallest absolute Gasteiger partial charge is 0.223 e. The molecule has 0 saturated carbocycles. The monoisotopic (exact) mass is 274 g/mol. The van der Waals surface area contributed by atoms with Crippen LogP contribution >= 0.6 is 0 Å². The summed E-state index contributed by atoms with van der Waals surface area (Å²) in [7, 11) is 0. The van der Waals surface area contributed by atoms with Gasteiger partial charge >= 0.3 is 0 Å². The van der Waals surface area contributed by atoms with Crippen molar-refractivity contribution < 1.29 is 4.79 Å². The van der Waals surface area contributed by atoms with Gasteiger partial charge in [-0.1, -0.05) is 37.3 Å². The van der Waals surface area contributed by atoms with Crippen LogP contribution in [0.5, 0.6) is 0 Å². The maximum absolute atomic E-state index is 12.4. The summed E-state index contributed by atoms with van der Waals surface area (Å²) in [6.07, 6.45) is 4.83. The summed E-state index contributed by atoms with van der Waals surface area (Å²) in [5.41, 5.74) is 6.83. The summed E-state index contributed by atoms with van der Waals surface area (Å²) in [4.78, 5) is 14.5. The van der Waals surface area contributed by atoms with Gasteiger partial charge < -0.3 is 10.6 Å². The van der Waals surface area contributed by atoms with E-state index in [2.05, 4.69) is 36.1 Å². The van der Waals surface area contributed by atoms with Crippen LogP contribution in [0.4, 0.5) is 0 Å². The zero-order chi connectivity index (χ0) is 14.4. The van der Waals surface area contributed by atoms with Gasteiger partial charge in [0.05, 0.1) is 6.04 Å². The van der Waals surface area contributed by atoms with E-state index in [0.29, 0.717) is 24.8 Å². The maximum atomic E-state index is 12.4. The van der Waals surface area contributed by atoms with Crippen molar-refractivity contribution in [1.29, 1.82) is 0 Å². The molecule has 2 unspecified atom stereocenters. The molecule has 20 heavy (non-hydrogen) atoms. The van der Waals surface area contributed by atoms with Gasteiger partial charge in [-0.2, -0.15) is 0 Å². The van der Waals surface area contributed by atoms with Crippen LogP contribution in [0.2, 0.25) is 0 Å². The highest BCUT2D eigenvalue weighted by molar-refractivity contribution is 5.77. The summed E-state index contributed by atoms with van der Waals surface area (Å²) < 4.78 is 0. The van der Waals surface area contributed by atoms with Crippen molar-refractivity contribution in [2.75, 3.05) is 13.1 Å². The first kappa shape index (κ1) is 15.0. The first-order chi connectivity index (χ1) is 9.72. The van der Waals surface area contributed by atoms with E-state index in [-0.39, 0.29) is 6.04 Å². The van der Waals surface area contributed by atoms with E-state index in [0.717, 1.165) is 32.2 Å². The van der Waals surface area contributed by atoms with Gasteiger partial charge in [-0.3, -0.25) is 4.79 Å². The van der Waals surface area contributed by atoms with Crippen LogP contribution in [0.1, 0.15) is 50.6 Å². The summed E-state index contributed by atoms with van der Waals surface area (Å²) in [6, 6.07) is 10.7. The number of hydrogen-bond donors (Lipinski definition) is 1. The van der Waals surface area contributed by atoms with E-state index >= 15 is 0 Å². The molecular weight excluding hydrogens is 248 g/mol.